The Hall–Kier alpha value is -2.36. The highest BCUT2D eigenvalue weighted by Gasteiger charge is 2.24. The summed E-state index contributed by atoms with van der Waals surface area (Å²) in [6.07, 6.45) is 2.06. The van der Waals surface area contributed by atoms with Crippen molar-refractivity contribution >= 4 is 17.5 Å². The number of aryl methyl sites for hydroxylation is 1. The minimum Gasteiger partial charge on any atom is -0.378 e. The van der Waals surface area contributed by atoms with Crippen molar-refractivity contribution in [2.75, 3.05) is 26.3 Å². The molecule has 7 heteroatoms. The summed E-state index contributed by atoms with van der Waals surface area (Å²) in [5, 5.41) is 13.9. The van der Waals surface area contributed by atoms with Gasteiger partial charge in [0.1, 0.15) is 5.69 Å². The van der Waals surface area contributed by atoms with E-state index in [1.54, 1.807) is 27.9 Å². The van der Waals surface area contributed by atoms with Gasteiger partial charge in [0, 0.05) is 29.9 Å². The van der Waals surface area contributed by atoms with Crippen molar-refractivity contribution < 1.29 is 9.53 Å². The van der Waals surface area contributed by atoms with Crippen LogP contribution in [0.1, 0.15) is 16.8 Å². The molecule has 1 aromatic heterocycles. The molecule has 0 spiro atoms. The lowest BCUT2D eigenvalue weighted by Gasteiger charge is -2.26. The van der Waals surface area contributed by atoms with Gasteiger partial charge in [0.2, 0.25) is 0 Å². The molecular weight excluding hydrogens is 328 g/mol. The third-order valence-electron chi connectivity index (χ3n) is 3.86. The second kappa shape index (κ2) is 7.47. The minimum atomic E-state index is -0.0635. The van der Waals surface area contributed by atoms with Crippen molar-refractivity contribution in [3.63, 3.8) is 0 Å². The van der Waals surface area contributed by atoms with Crippen LogP contribution in [0.5, 0.6) is 0 Å². The number of nitrogens with zero attached hydrogens (tertiary/aromatic N) is 4. The number of hydrogen-bond donors (Lipinski definition) is 0. The van der Waals surface area contributed by atoms with Crippen LogP contribution in [0.3, 0.4) is 0 Å². The Kier molecular flexibility index (Phi) is 5.14. The molecule has 6 nitrogen and oxygen atoms in total. The molecular formula is C17H17ClN4O2. The highest BCUT2D eigenvalue weighted by atomic mass is 35.5. The molecule has 1 aliphatic rings. The number of carbonyl (C=O) groups is 1. The van der Waals surface area contributed by atoms with Crippen molar-refractivity contribution in [1.82, 2.24) is 14.7 Å². The predicted octanol–water partition coefficient (Wildman–Crippen LogP) is 2.59. The van der Waals surface area contributed by atoms with Crippen LogP contribution in [0.15, 0.2) is 30.5 Å². The first-order chi connectivity index (χ1) is 11.7. The normalized spacial score (nSPS) is 14.4. The fraction of sp³-hybridized carbons (Fsp3) is 0.353. The third kappa shape index (κ3) is 3.58. The zero-order valence-corrected chi connectivity index (χ0v) is 13.9. The Morgan fingerprint density at radius 3 is 2.67 bits per heavy atom. The molecule has 0 radical (unpaired) electrons. The standard InChI is InChI=1S/C17H17ClN4O2/c18-14-4-2-13(3-5-14)16-15(12-22(20-16)7-1-6-19)17(23)21-8-10-24-11-9-21/h2-5,12H,1,7-11H2. The Bertz CT molecular complexity index is 758. The highest BCUT2D eigenvalue weighted by Crippen LogP contribution is 2.25. The molecule has 1 amide bonds. The fourth-order valence-corrected chi connectivity index (χ4v) is 2.74. The van der Waals surface area contributed by atoms with Crippen molar-refractivity contribution in [3.05, 3.63) is 41.0 Å². The fourth-order valence-electron chi connectivity index (χ4n) is 2.61. The number of morpholine rings is 1. The summed E-state index contributed by atoms with van der Waals surface area (Å²) in [4.78, 5) is 14.6. The number of aromatic nitrogens is 2. The SMILES string of the molecule is N#CCCn1cc(C(=O)N2CCOCC2)c(-c2ccc(Cl)cc2)n1. The molecule has 1 aromatic carbocycles. The Balaban J connectivity index is 1.95. The highest BCUT2D eigenvalue weighted by molar-refractivity contribution is 6.30. The summed E-state index contributed by atoms with van der Waals surface area (Å²) >= 11 is 5.95. The van der Waals surface area contributed by atoms with Crippen LogP contribution in [0.2, 0.25) is 5.02 Å². The molecule has 0 aliphatic carbocycles. The van der Waals surface area contributed by atoms with Gasteiger partial charge in [-0.1, -0.05) is 23.7 Å². The molecule has 1 fully saturated rings. The van der Waals surface area contributed by atoms with E-state index >= 15 is 0 Å². The first-order valence-electron chi connectivity index (χ1n) is 7.76. The van der Waals surface area contributed by atoms with Crippen LogP contribution in [0.4, 0.5) is 0 Å². The zero-order valence-electron chi connectivity index (χ0n) is 13.1. The maximum Gasteiger partial charge on any atom is 0.257 e. The second-order valence-electron chi connectivity index (χ2n) is 5.47. The number of ether oxygens (including phenoxy) is 1. The molecule has 3 rings (SSSR count). The lowest BCUT2D eigenvalue weighted by Crippen LogP contribution is -2.40. The van der Waals surface area contributed by atoms with E-state index in [2.05, 4.69) is 11.2 Å². The van der Waals surface area contributed by atoms with E-state index in [1.165, 1.54) is 0 Å². The van der Waals surface area contributed by atoms with Gasteiger partial charge < -0.3 is 9.64 Å². The van der Waals surface area contributed by atoms with Gasteiger partial charge in [0.25, 0.3) is 5.91 Å². The quantitative estimate of drug-likeness (QED) is 0.854. The number of amides is 1. The predicted molar refractivity (Wildman–Crippen MR) is 89.6 cm³/mol. The first-order valence-corrected chi connectivity index (χ1v) is 8.14. The van der Waals surface area contributed by atoms with E-state index in [0.29, 0.717) is 55.5 Å². The van der Waals surface area contributed by atoms with Gasteiger partial charge in [-0.05, 0) is 12.1 Å². The summed E-state index contributed by atoms with van der Waals surface area (Å²) in [6.45, 7) is 2.69. The zero-order chi connectivity index (χ0) is 16.9. The Labute approximate surface area is 145 Å². The molecule has 0 bridgehead atoms. The lowest BCUT2D eigenvalue weighted by atomic mass is 10.1. The number of halogens is 1. The van der Waals surface area contributed by atoms with E-state index in [0.717, 1.165) is 5.56 Å². The van der Waals surface area contributed by atoms with Crippen LogP contribution in [-0.2, 0) is 11.3 Å². The smallest absolute Gasteiger partial charge is 0.257 e. The maximum absolute atomic E-state index is 12.9. The summed E-state index contributed by atoms with van der Waals surface area (Å²) < 4.78 is 6.96. The van der Waals surface area contributed by atoms with Crippen LogP contribution >= 0.6 is 11.6 Å². The van der Waals surface area contributed by atoms with Crippen molar-refractivity contribution in [1.29, 1.82) is 5.26 Å². The topological polar surface area (TPSA) is 71.2 Å². The summed E-state index contributed by atoms with van der Waals surface area (Å²) in [5.41, 5.74) is 1.98. The molecule has 0 atom stereocenters. The molecule has 1 aliphatic heterocycles. The van der Waals surface area contributed by atoms with Crippen molar-refractivity contribution in [2.45, 2.75) is 13.0 Å². The van der Waals surface area contributed by atoms with E-state index < -0.39 is 0 Å². The van der Waals surface area contributed by atoms with Crippen LogP contribution in [-0.4, -0.2) is 46.9 Å². The van der Waals surface area contributed by atoms with Gasteiger partial charge in [-0.15, -0.1) is 0 Å². The van der Waals surface area contributed by atoms with Crippen LogP contribution in [0, 0.1) is 11.3 Å². The average molecular weight is 345 g/mol. The molecule has 124 valence electrons. The maximum atomic E-state index is 12.9. The summed E-state index contributed by atoms with van der Waals surface area (Å²) in [5.74, 6) is -0.0635. The van der Waals surface area contributed by atoms with Gasteiger partial charge in [-0.25, -0.2) is 0 Å². The monoisotopic (exact) mass is 344 g/mol. The summed E-state index contributed by atoms with van der Waals surface area (Å²) in [7, 11) is 0. The minimum absolute atomic E-state index is 0.0635. The van der Waals surface area contributed by atoms with E-state index in [-0.39, 0.29) is 5.91 Å². The van der Waals surface area contributed by atoms with E-state index in [4.69, 9.17) is 21.6 Å². The molecule has 2 aromatic rings. The molecule has 1 saturated heterocycles. The molecule has 24 heavy (non-hydrogen) atoms. The van der Waals surface area contributed by atoms with Gasteiger partial charge in [-0.2, -0.15) is 10.4 Å². The van der Waals surface area contributed by atoms with Gasteiger partial charge in [0.05, 0.1) is 37.8 Å². The first kappa shape index (κ1) is 16.5. The van der Waals surface area contributed by atoms with Crippen molar-refractivity contribution in [2.24, 2.45) is 0 Å². The number of rotatable bonds is 4. The third-order valence-corrected chi connectivity index (χ3v) is 4.11. The number of hydrogen-bond acceptors (Lipinski definition) is 4. The van der Waals surface area contributed by atoms with Crippen LogP contribution in [0.25, 0.3) is 11.3 Å². The van der Waals surface area contributed by atoms with Gasteiger partial charge in [0.15, 0.2) is 0 Å². The largest absolute Gasteiger partial charge is 0.378 e. The molecule has 0 saturated carbocycles. The van der Waals surface area contributed by atoms with E-state index in [9.17, 15) is 4.79 Å². The Morgan fingerprint density at radius 1 is 1.29 bits per heavy atom. The van der Waals surface area contributed by atoms with Gasteiger partial charge in [-0.3, -0.25) is 9.48 Å². The number of carbonyl (C=O) groups excluding carboxylic acids is 1. The summed E-state index contributed by atoms with van der Waals surface area (Å²) in [6, 6.07) is 9.32. The van der Waals surface area contributed by atoms with Gasteiger partial charge >= 0.3 is 0 Å². The number of benzene rings is 1. The average Bonchev–Trinajstić information content (AvgIpc) is 3.05. The molecule has 0 N–H and O–H groups in total. The van der Waals surface area contributed by atoms with E-state index in [1.807, 2.05) is 12.1 Å². The molecule has 2 heterocycles. The van der Waals surface area contributed by atoms with Crippen LogP contribution < -0.4 is 0 Å². The second-order valence-corrected chi connectivity index (χ2v) is 5.91. The number of nitriles is 1. The molecule has 0 unspecified atom stereocenters. The Morgan fingerprint density at radius 2 is 2.00 bits per heavy atom. The lowest BCUT2D eigenvalue weighted by molar-refractivity contribution is 0.0303. The van der Waals surface area contributed by atoms with Crippen molar-refractivity contribution in [3.8, 4) is 17.3 Å².